The van der Waals surface area contributed by atoms with Gasteiger partial charge >= 0.3 is 0 Å². The number of allylic oxidation sites excluding steroid dienone is 1. The molecule has 4 rings (SSSR count). The molecule has 34 heavy (non-hydrogen) atoms. The van der Waals surface area contributed by atoms with E-state index >= 15 is 0 Å². The SMILES string of the molecule is Cc1ccc(S(=O)(=O)n2c(C(=O)/C(C#N)=C\N(C)C)cc3ccc(-c4cccnn4)cc32)cc1. The van der Waals surface area contributed by atoms with E-state index in [0.29, 0.717) is 22.2 Å². The zero-order chi connectivity index (χ0) is 24.5. The van der Waals surface area contributed by atoms with Gasteiger partial charge < -0.3 is 4.90 Å². The summed E-state index contributed by atoms with van der Waals surface area (Å²) in [7, 11) is -0.820. The number of benzene rings is 2. The Morgan fingerprint density at radius 1 is 1.09 bits per heavy atom. The number of hydrogen-bond donors (Lipinski definition) is 0. The third-order valence-electron chi connectivity index (χ3n) is 5.17. The first-order valence-corrected chi connectivity index (χ1v) is 11.8. The zero-order valence-electron chi connectivity index (χ0n) is 18.8. The van der Waals surface area contributed by atoms with Crippen LogP contribution < -0.4 is 0 Å². The third kappa shape index (κ3) is 4.19. The number of ketones is 1. The van der Waals surface area contributed by atoms with Crippen LogP contribution in [0.2, 0.25) is 0 Å². The molecule has 0 aliphatic heterocycles. The second kappa shape index (κ2) is 8.92. The number of nitrogens with zero attached hydrogens (tertiary/aromatic N) is 5. The van der Waals surface area contributed by atoms with Crippen molar-refractivity contribution in [3.8, 4) is 17.3 Å². The smallest absolute Gasteiger partial charge is 0.268 e. The van der Waals surface area contributed by atoms with Crippen LogP contribution in [-0.2, 0) is 10.0 Å². The van der Waals surface area contributed by atoms with Crippen molar-refractivity contribution in [3.05, 3.63) is 89.9 Å². The summed E-state index contributed by atoms with van der Waals surface area (Å²) in [6, 6.07) is 18.4. The van der Waals surface area contributed by atoms with E-state index < -0.39 is 15.8 Å². The summed E-state index contributed by atoms with van der Waals surface area (Å²) in [5.41, 5.74) is 2.10. The van der Waals surface area contributed by atoms with Crippen LogP contribution in [0.1, 0.15) is 16.1 Å². The summed E-state index contributed by atoms with van der Waals surface area (Å²) >= 11 is 0. The van der Waals surface area contributed by atoms with Crippen molar-refractivity contribution in [1.82, 2.24) is 19.1 Å². The van der Waals surface area contributed by atoms with Crippen molar-refractivity contribution in [2.24, 2.45) is 0 Å². The lowest BCUT2D eigenvalue weighted by Crippen LogP contribution is -2.20. The van der Waals surface area contributed by atoms with Crippen LogP contribution in [0.15, 0.2) is 83.5 Å². The number of carbonyl (C=O) groups excluding carboxylic acids is 1. The molecule has 0 aliphatic carbocycles. The Kier molecular flexibility index (Phi) is 6.01. The van der Waals surface area contributed by atoms with E-state index in [1.54, 1.807) is 67.7 Å². The van der Waals surface area contributed by atoms with E-state index in [0.717, 1.165) is 9.54 Å². The molecular formula is C25H21N5O3S. The minimum atomic E-state index is -4.17. The molecule has 0 N–H and O–H groups in total. The number of nitriles is 1. The van der Waals surface area contributed by atoms with Gasteiger partial charge in [-0.25, -0.2) is 12.4 Å². The summed E-state index contributed by atoms with van der Waals surface area (Å²) in [5.74, 6) is -0.691. The van der Waals surface area contributed by atoms with Crippen molar-refractivity contribution in [2.45, 2.75) is 11.8 Å². The van der Waals surface area contributed by atoms with Crippen molar-refractivity contribution in [2.75, 3.05) is 14.1 Å². The summed E-state index contributed by atoms with van der Waals surface area (Å²) in [6.07, 6.45) is 2.91. The quantitative estimate of drug-likeness (QED) is 0.239. The van der Waals surface area contributed by atoms with E-state index in [4.69, 9.17) is 0 Å². The van der Waals surface area contributed by atoms with Crippen LogP contribution in [0.4, 0.5) is 0 Å². The third-order valence-corrected chi connectivity index (χ3v) is 6.91. The van der Waals surface area contributed by atoms with Crippen LogP contribution in [0.5, 0.6) is 0 Å². The van der Waals surface area contributed by atoms with Crippen LogP contribution >= 0.6 is 0 Å². The molecule has 0 atom stereocenters. The van der Waals surface area contributed by atoms with Gasteiger partial charge in [-0.05, 0) is 43.3 Å². The molecule has 9 heteroatoms. The molecule has 0 saturated heterocycles. The Labute approximate surface area is 197 Å². The summed E-state index contributed by atoms with van der Waals surface area (Å²) < 4.78 is 28.6. The van der Waals surface area contributed by atoms with E-state index in [-0.39, 0.29) is 16.2 Å². The molecule has 8 nitrogen and oxygen atoms in total. The van der Waals surface area contributed by atoms with Crippen molar-refractivity contribution in [3.63, 3.8) is 0 Å². The van der Waals surface area contributed by atoms with Gasteiger partial charge in [-0.15, -0.1) is 0 Å². The van der Waals surface area contributed by atoms with Crippen LogP contribution in [0, 0.1) is 18.3 Å². The fraction of sp³-hybridized carbons (Fsp3) is 0.120. The minimum Gasteiger partial charge on any atom is -0.382 e. The average Bonchev–Trinajstić information content (AvgIpc) is 3.22. The van der Waals surface area contributed by atoms with Gasteiger partial charge in [0.2, 0.25) is 5.78 Å². The lowest BCUT2D eigenvalue weighted by molar-refractivity contribution is 0.103. The Hall–Kier alpha value is -4.29. The fourth-order valence-electron chi connectivity index (χ4n) is 3.56. The number of rotatable bonds is 6. The number of fused-ring (bicyclic) bond motifs is 1. The van der Waals surface area contributed by atoms with Crippen LogP contribution in [0.3, 0.4) is 0 Å². The predicted molar refractivity (Wildman–Crippen MR) is 128 cm³/mol. The van der Waals surface area contributed by atoms with Crippen molar-refractivity contribution in [1.29, 1.82) is 5.26 Å². The highest BCUT2D eigenvalue weighted by Crippen LogP contribution is 2.30. The Bertz CT molecular complexity index is 1560. The lowest BCUT2D eigenvalue weighted by Gasteiger charge is -2.13. The van der Waals surface area contributed by atoms with Gasteiger partial charge in [0.25, 0.3) is 10.0 Å². The number of Topliss-reactive ketones (excluding diaryl/α,β-unsaturated/α-hetero) is 1. The van der Waals surface area contributed by atoms with Crippen LogP contribution in [0.25, 0.3) is 22.2 Å². The molecule has 0 radical (unpaired) electrons. The van der Waals surface area contributed by atoms with Crippen molar-refractivity contribution >= 4 is 26.7 Å². The predicted octanol–water partition coefficient (Wildman–Crippen LogP) is 3.80. The first-order chi connectivity index (χ1) is 16.2. The van der Waals surface area contributed by atoms with Gasteiger partial charge in [0.1, 0.15) is 17.3 Å². The molecule has 0 amide bonds. The molecule has 0 saturated carbocycles. The summed E-state index contributed by atoms with van der Waals surface area (Å²) in [5, 5.41) is 18.1. The summed E-state index contributed by atoms with van der Waals surface area (Å²) in [4.78, 5) is 15.0. The van der Waals surface area contributed by atoms with Gasteiger partial charge in [0, 0.05) is 37.4 Å². The largest absolute Gasteiger partial charge is 0.382 e. The second-order valence-electron chi connectivity index (χ2n) is 7.94. The molecule has 0 fully saturated rings. The second-order valence-corrected chi connectivity index (χ2v) is 9.73. The molecule has 2 aromatic heterocycles. The lowest BCUT2D eigenvalue weighted by atomic mass is 10.1. The molecule has 170 valence electrons. The molecule has 0 spiro atoms. The highest BCUT2D eigenvalue weighted by Gasteiger charge is 2.28. The van der Waals surface area contributed by atoms with Gasteiger partial charge in [0.05, 0.1) is 16.1 Å². The Morgan fingerprint density at radius 2 is 1.82 bits per heavy atom. The molecule has 4 aromatic rings. The number of aryl methyl sites for hydroxylation is 1. The molecular weight excluding hydrogens is 450 g/mol. The maximum atomic E-state index is 13.8. The maximum absolute atomic E-state index is 13.8. The monoisotopic (exact) mass is 471 g/mol. The van der Waals surface area contributed by atoms with E-state index in [2.05, 4.69) is 10.2 Å². The van der Waals surface area contributed by atoms with Gasteiger partial charge in [-0.1, -0.05) is 29.8 Å². The first-order valence-electron chi connectivity index (χ1n) is 10.3. The highest BCUT2D eigenvalue weighted by atomic mass is 32.2. The molecule has 2 aromatic carbocycles. The number of carbonyl (C=O) groups is 1. The molecule has 0 aliphatic rings. The topological polar surface area (TPSA) is 109 Å². The highest BCUT2D eigenvalue weighted by molar-refractivity contribution is 7.90. The molecule has 0 unspecified atom stereocenters. The summed E-state index contributed by atoms with van der Waals surface area (Å²) in [6.45, 7) is 1.86. The minimum absolute atomic E-state index is 0.0321. The van der Waals surface area contributed by atoms with Gasteiger partial charge in [-0.3, -0.25) is 4.79 Å². The number of hydrogen-bond acceptors (Lipinski definition) is 7. The van der Waals surface area contributed by atoms with E-state index in [9.17, 15) is 18.5 Å². The molecule has 0 bridgehead atoms. The van der Waals surface area contributed by atoms with Gasteiger partial charge in [0.15, 0.2) is 0 Å². The van der Waals surface area contributed by atoms with Crippen molar-refractivity contribution < 1.29 is 13.2 Å². The van der Waals surface area contributed by atoms with E-state index in [1.165, 1.54) is 24.4 Å². The van der Waals surface area contributed by atoms with Crippen LogP contribution in [-0.4, -0.2) is 47.4 Å². The fourth-order valence-corrected chi connectivity index (χ4v) is 5.06. The number of aromatic nitrogens is 3. The first kappa shape index (κ1) is 22.9. The average molecular weight is 472 g/mol. The van der Waals surface area contributed by atoms with E-state index in [1.807, 2.05) is 13.0 Å². The standard InChI is InChI=1S/C25H21N5O3S/c1-17-6-10-21(11-7-17)34(32,33)30-23-13-18(22-5-4-12-27-28-22)8-9-19(23)14-24(30)25(31)20(15-26)16-29(2)3/h4-14,16H,1-3H3/b20-16-. The molecule has 2 heterocycles. The normalized spacial score (nSPS) is 11.9. The van der Waals surface area contributed by atoms with Gasteiger partial charge in [-0.2, -0.15) is 15.5 Å². The zero-order valence-corrected chi connectivity index (χ0v) is 19.6. The maximum Gasteiger partial charge on any atom is 0.268 e. The Balaban J connectivity index is 2.03. The Morgan fingerprint density at radius 3 is 2.44 bits per heavy atom.